The minimum Gasteiger partial charge on any atom is -0.497 e. The van der Waals surface area contributed by atoms with Crippen LogP contribution in [0.1, 0.15) is 26.4 Å². The summed E-state index contributed by atoms with van der Waals surface area (Å²) in [5.41, 5.74) is 1.56. The molecule has 0 aliphatic rings. The Morgan fingerprint density at radius 1 is 1.08 bits per heavy atom. The molecular formula is C19H24N4O3. The molecule has 0 aliphatic heterocycles. The maximum Gasteiger partial charge on any atom is 0.270 e. The van der Waals surface area contributed by atoms with E-state index in [0.717, 1.165) is 17.9 Å². The van der Waals surface area contributed by atoms with E-state index in [9.17, 15) is 9.59 Å². The highest BCUT2D eigenvalue weighted by molar-refractivity contribution is 5.98. The largest absolute Gasteiger partial charge is 0.497 e. The van der Waals surface area contributed by atoms with Gasteiger partial charge in [-0.1, -0.05) is 12.1 Å². The van der Waals surface area contributed by atoms with Gasteiger partial charge in [-0.25, -0.2) is 0 Å². The van der Waals surface area contributed by atoms with Gasteiger partial charge in [0.2, 0.25) is 0 Å². The zero-order chi connectivity index (χ0) is 18.9. The molecule has 1 heterocycles. The highest BCUT2D eigenvalue weighted by Crippen LogP contribution is 2.11. The second-order valence-corrected chi connectivity index (χ2v) is 6.02. The van der Waals surface area contributed by atoms with Gasteiger partial charge in [-0.3, -0.25) is 14.6 Å². The number of ether oxygens (including phenoxy) is 1. The molecule has 0 fully saturated rings. The molecule has 26 heavy (non-hydrogen) atoms. The van der Waals surface area contributed by atoms with E-state index >= 15 is 0 Å². The van der Waals surface area contributed by atoms with Gasteiger partial charge in [0, 0.05) is 31.4 Å². The van der Waals surface area contributed by atoms with Crippen molar-refractivity contribution >= 4 is 11.8 Å². The number of hydrogen-bond donors (Lipinski definition) is 2. The summed E-state index contributed by atoms with van der Waals surface area (Å²) in [5, 5.41) is 5.61. The molecule has 7 heteroatoms. The number of nitrogens with zero attached hydrogens (tertiary/aromatic N) is 2. The number of aromatic nitrogens is 1. The average Bonchev–Trinajstić information content (AvgIpc) is 2.66. The van der Waals surface area contributed by atoms with Gasteiger partial charge in [0.15, 0.2) is 0 Å². The van der Waals surface area contributed by atoms with Crippen LogP contribution in [-0.2, 0) is 6.54 Å². The molecule has 0 saturated carbocycles. The predicted octanol–water partition coefficient (Wildman–Crippen LogP) is 1.31. The minimum absolute atomic E-state index is 0.207. The summed E-state index contributed by atoms with van der Waals surface area (Å²) in [6.45, 7) is 1.64. The number of amides is 2. The second-order valence-electron chi connectivity index (χ2n) is 6.02. The molecule has 2 amide bonds. The normalized spacial score (nSPS) is 10.5. The van der Waals surface area contributed by atoms with E-state index < -0.39 is 0 Å². The maximum absolute atomic E-state index is 12.3. The highest BCUT2D eigenvalue weighted by atomic mass is 16.5. The van der Waals surface area contributed by atoms with Gasteiger partial charge in [-0.15, -0.1) is 0 Å². The topological polar surface area (TPSA) is 83.6 Å². The summed E-state index contributed by atoms with van der Waals surface area (Å²) in [6, 6.07) is 10.5. The van der Waals surface area contributed by atoms with Gasteiger partial charge < -0.3 is 20.3 Å². The number of likely N-dealkylation sites (N-methyl/N-ethyl adjacent to an activating group) is 1. The van der Waals surface area contributed by atoms with Crippen LogP contribution in [0.15, 0.2) is 42.6 Å². The number of benzene rings is 1. The van der Waals surface area contributed by atoms with Crippen molar-refractivity contribution in [1.29, 1.82) is 0 Å². The quantitative estimate of drug-likeness (QED) is 0.745. The van der Waals surface area contributed by atoms with Crippen LogP contribution in [-0.4, -0.2) is 56.0 Å². The molecule has 1 aromatic carbocycles. The summed E-state index contributed by atoms with van der Waals surface area (Å²) in [7, 11) is 5.47. The Labute approximate surface area is 153 Å². The third-order valence-corrected chi connectivity index (χ3v) is 3.71. The molecule has 0 unspecified atom stereocenters. The monoisotopic (exact) mass is 356 g/mol. The van der Waals surface area contributed by atoms with Crippen LogP contribution in [0.3, 0.4) is 0 Å². The lowest BCUT2D eigenvalue weighted by molar-refractivity contribution is 0.0946. The lowest BCUT2D eigenvalue weighted by Gasteiger charge is -2.11. The molecule has 0 atom stereocenters. The predicted molar refractivity (Wildman–Crippen MR) is 99.3 cm³/mol. The van der Waals surface area contributed by atoms with E-state index in [1.807, 2.05) is 43.3 Å². The summed E-state index contributed by atoms with van der Waals surface area (Å²) in [5.74, 6) is 0.205. The van der Waals surface area contributed by atoms with Crippen molar-refractivity contribution in [3.05, 3.63) is 59.4 Å². The van der Waals surface area contributed by atoms with Crippen LogP contribution in [0.2, 0.25) is 0 Å². The molecular weight excluding hydrogens is 332 g/mol. The van der Waals surface area contributed by atoms with Crippen molar-refractivity contribution in [2.24, 2.45) is 0 Å². The van der Waals surface area contributed by atoms with Gasteiger partial charge in [-0.2, -0.15) is 0 Å². The van der Waals surface area contributed by atoms with Crippen molar-refractivity contribution in [1.82, 2.24) is 20.5 Å². The van der Waals surface area contributed by atoms with Crippen molar-refractivity contribution in [3.8, 4) is 5.75 Å². The van der Waals surface area contributed by atoms with Gasteiger partial charge in [0.1, 0.15) is 11.4 Å². The fraction of sp³-hybridized carbons (Fsp3) is 0.316. The van der Waals surface area contributed by atoms with E-state index in [4.69, 9.17) is 4.74 Å². The summed E-state index contributed by atoms with van der Waals surface area (Å²) >= 11 is 0. The molecule has 1 aromatic heterocycles. The number of hydrogen-bond acceptors (Lipinski definition) is 5. The number of rotatable bonds is 8. The molecule has 0 spiro atoms. The number of carbonyl (C=O) groups excluding carboxylic acids is 2. The van der Waals surface area contributed by atoms with Crippen LogP contribution in [0.4, 0.5) is 0 Å². The Kier molecular flexibility index (Phi) is 7.11. The molecule has 2 aromatic rings. The lowest BCUT2D eigenvalue weighted by atomic mass is 10.2. The van der Waals surface area contributed by atoms with E-state index in [1.54, 1.807) is 13.2 Å². The zero-order valence-corrected chi connectivity index (χ0v) is 15.3. The van der Waals surface area contributed by atoms with Gasteiger partial charge in [0.05, 0.1) is 7.11 Å². The minimum atomic E-state index is -0.330. The first-order chi connectivity index (χ1) is 12.5. The summed E-state index contributed by atoms with van der Waals surface area (Å²) in [6.07, 6.45) is 1.46. The van der Waals surface area contributed by atoms with Crippen LogP contribution in [0.5, 0.6) is 5.75 Å². The smallest absolute Gasteiger partial charge is 0.270 e. The van der Waals surface area contributed by atoms with Crippen LogP contribution >= 0.6 is 0 Å². The molecule has 7 nitrogen and oxygen atoms in total. The average molecular weight is 356 g/mol. The lowest BCUT2D eigenvalue weighted by Crippen LogP contribution is -2.31. The summed E-state index contributed by atoms with van der Waals surface area (Å²) in [4.78, 5) is 30.4. The first kappa shape index (κ1) is 19.4. The third kappa shape index (κ3) is 5.86. The SMILES string of the molecule is COc1ccc(CNC(=O)c2cc(C(=O)NCCN(C)C)ccn2)cc1. The molecule has 138 valence electrons. The molecule has 0 bridgehead atoms. The van der Waals surface area contributed by atoms with Crippen LogP contribution in [0, 0.1) is 0 Å². The first-order valence-electron chi connectivity index (χ1n) is 8.29. The Hall–Kier alpha value is -2.93. The second kappa shape index (κ2) is 9.53. The fourth-order valence-corrected chi connectivity index (χ4v) is 2.21. The Morgan fingerprint density at radius 3 is 2.46 bits per heavy atom. The van der Waals surface area contributed by atoms with Crippen molar-refractivity contribution in [2.75, 3.05) is 34.3 Å². The summed E-state index contributed by atoms with van der Waals surface area (Å²) < 4.78 is 5.10. The zero-order valence-electron chi connectivity index (χ0n) is 15.3. The van der Waals surface area contributed by atoms with Crippen molar-refractivity contribution in [2.45, 2.75) is 6.54 Å². The van der Waals surface area contributed by atoms with Crippen LogP contribution in [0.25, 0.3) is 0 Å². The Morgan fingerprint density at radius 2 is 1.81 bits per heavy atom. The highest BCUT2D eigenvalue weighted by Gasteiger charge is 2.11. The first-order valence-corrected chi connectivity index (χ1v) is 8.29. The number of pyridine rings is 1. The van der Waals surface area contributed by atoms with E-state index in [0.29, 0.717) is 18.7 Å². The molecule has 2 N–H and O–H groups in total. The third-order valence-electron chi connectivity index (χ3n) is 3.71. The molecule has 2 rings (SSSR count). The van der Waals surface area contributed by atoms with E-state index in [-0.39, 0.29) is 17.5 Å². The van der Waals surface area contributed by atoms with Crippen LogP contribution < -0.4 is 15.4 Å². The van der Waals surface area contributed by atoms with Gasteiger partial charge in [0.25, 0.3) is 11.8 Å². The molecule has 0 radical (unpaired) electrons. The molecule has 0 saturated heterocycles. The van der Waals surface area contributed by atoms with Crippen molar-refractivity contribution < 1.29 is 14.3 Å². The Balaban J connectivity index is 1.93. The molecule has 0 aliphatic carbocycles. The van der Waals surface area contributed by atoms with Gasteiger partial charge in [-0.05, 0) is 43.9 Å². The van der Waals surface area contributed by atoms with E-state index in [2.05, 4.69) is 15.6 Å². The van der Waals surface area contributed by atoms with Gasteiger partial charge >= 0.3 is 0 Å². The number of nitrogens with one attached hydrogen (secondary N) is 2. The number of methoxy groups -OCH3 is 1. The van der Waals surface area contributed by atoms with E-state index in [1.165, 1.54) is 12.3 Å². The standard InChI is InChI=1S/C19H24N4O3/c1-23(2)11-10-21-18(24)15-8-9-20-17(12-15)19(25)22-13-14-4-6-16(26-3)7-5-14/h4-9,12H,10-11,13H2,1-3H3,(H,21,24)(H,22,25). The number of carbonyl (C=O) groups is 2. The maximum atomic E-state index is 12.3. The van der Waals surface area contributed by atoms with Crippen molar-refractivity contribution in [3.63, 3.8) is 0 Å². The fourth-order valence-electron chi connectivity index (χ4n) is 2.21. The Bertz CT molecular complexity index is 745.